The van der Waals surface area contributed by atoms with Crippen molar-refractivity contribution in [2.24, 2.45) is 0 Å². The number of urea groups is 1. The average Bonchev–Trinajstić information content (AvgIpc) is 2.66. The van der Waals surface area contributed by atoms with Crippen LogP contribution >= 0.6 is 15.9 Å². The molecule has 7 nitrogen and oxygen atoms in total. The molecule has 5 amide bonds. The van der Waals surface area contributed by atoms with Crippen LogP contribution in [0.5, 0.6) is 0 Å². The van der Waals surface area contributed by atoms with Crippen molar-refractivity contribution in [2.75, 3.05) is 18.4 Å². The standard InChI is InChI=1S/C14H14BrN3O4/c1-3-17-12(20)13(21)18(14(17)22)7-11(19)16-9-5-4-8(2)10(15)6-9/h4-6H,3,7H2,1-2H3,(H,16,19). The smallest absolute Gasteiger partial charge is 0.324 e. The van der Waals surface area contributed by atoms with Crippen molar-refractivity contribution in [1.29, 1.82) is 0 Å². The molecule has 1 aromatic carbocycles. The predicted octanol–water partition coefficient (Wildman–Crippen LogP) is 1.51. The highest BCUT2D eigenvalue weighted by atomic mass is 79.9. The van der Waals surface area contributed by atoms with E-state index in [0.29, 0.717) is 10.6 Å². The Morgan fingerprint density at radius 3 is 2.36 bits per heavy atom. The number of rotatable bonds is 4. The number of hydrogen-bond donors (Lipinski definition) is 1. The van der Waals surface area contributed by atoms with Gasteiger partial charge in [-0.2, -0.15) is 0 Å². The second kappa shape index (κ2) is 6.27. The summed E-state index contributed by atoms with van der Waals surface area (Å²) >= 11 is 3.35. The summed E-state index contributed by atoms with van der Waals surface area (Å²) in [5, 5.41) is 2.58. The van der Waals surface area contributed by atoms with Crippen LogP contribution in [-0.4, -0.2) is 46.6 Å². The average molecular weight is 368 g/mol. The summed E-state index contributed by atoms with van der Waals surface area (Å²) in [7, 11) is 0. The van der Waals surface area contributed by atoms with E-state index >= 15 is 0 Å². The van der Waals surface area contributed by atoms with Crippen LogP contribution < -0.4 is 5.32 Å². The third-order valence-electron chi connectivity index (χ3n) is 3.21. The lowest BCUT2D eigenvalue weighted by Crippen LogP contribution is -2.38. The molecule has 0 aliphatic carbocycles. The fourth-order valence-corrected chi connectivity index (χ4v) is 2.36. The summed E-state index contributed by atoms with van der Waals surface area (Å²) in [5.74, 6) is -2.44. The molecule has 1 saturated heterocycles. The number of carbonyl (C=O) groups excluding carboxylic acids is 4. The first-order chi connectivity index (χ1) is 10.3. The van der Waals surface area contributed by atoms with Crippen LogP contribution in [0.1, 0.15) is 12.5 Å². The van der Waals surface area contributed by atoms with Crippen LogP contribution in [0.4, 0.5) is 10.5 Å². The van der Waals surface area contributed by atoms with Crippen molar-refractivity contribution in [3.05, 3.63) is 28.2 Å². The van der Waals surface area contributed by atoms with E-state index in [9.17, 15) is 19.2 Å². The first-order valence-corrected chi connectivity index (χ1v) is 7.37. The Balaban J connectivity index is 2.06. The summed E-state index contributed by atoms with van der Waals surface area (Å²) < 4.78 is 0.825. The molecule has 1 fully saturated rings. The van der Waals surface area contributed by atoms with E-state index in [-0.39, 0.29) is 6.54 Å². The van der Waals surface area contributed by atoms with Gasteiger partial charge in [0.25, 0.3) is 0 Å². The van der Waals surface area contributed by atoms with Gasteiger partial charge in [-0.3, -0.25) is 19.3 Å². The Hall–Kier alpha value is -2.22. The molecule has 1 heterocycles. The van der Waals surface area contributed by atoms with Crippen molar-refractivity contribution in [3.8, 4) is 0 Å². The molecule has 22 heavy (non-hydrogen) atoms. The highest BCUT2D eigenvalue weighted by molar-refractivity contribution is 9.10. The number of amides is 5. The highest BCUT2D eigenvalue weighted by Crippen LogP contribution is 2.20. The van der Waals surface area contributed by atoms with Crippen molar-refractivity contribution in [3.63, 3.8) is 0 Å². The lowest BCUT2D eigenvalue weighted by Gasteiger charge is -2.14. The highest BCUT2D eigenvalue weighted by Gasteiger charge is 2.44. The molecule has 1 aromatic rings. The fourth-order valence-electron chi connectivity index (χ4n) is 1.98. The van der Waals surface area contributed by atoms with Gasteiger partial charge in [-0.05, 0) is 31.5 Å². The van der Waals surface area contributed by atoms with Gasteiger partial charge in [0, 0.05) is 16.7 Å². The molecular weight excluding hydrogens is 354 g/mol. The van der Waals surface area contributed by atoms with Crippen LogP contribution in [0.3, 0.4) is 0 Å². The van der Waals surface area contributed by atoms with Crippen molar-refractivity contribution in [2.45, 2.75) is 13.8 Å². The maximum absolute atomic E-state index is 12.0. The number of nitrogens with zero attached hydrogens (tertiary/aromatic N) is 2. The summed E-state index contributed by atoms with van der Waals surface area (Å²) in [4.78, 5) is 48.5. The van der Waals surface area contributed by atoms with Gasteiger partial charge >= 0.3 is 17.8 Å². The number of nitrogens with one attached hydrogen (secondary N) is 1. The van der Waals surface area contributed by atoms with Gasteiger partial charge in [0.1, 0.15) is 6.54 Å². The largest absolute Gasteiger partial charge is 0.334 e. The lowest BCUT2D eigenvalue weighted by atomic mass is 10.2. The number of imide groups is 2. The minimum absolute atomic E-state index is 0.0897. The molecule has 0 bridgehead atoms. The summed E-state index contributed by atoms with van der Waals surface area (Å²) in [6.45, 7) is 3.08. The summed E-state index contributed by atoms with van der Waals surface area (Å²) in [5.41, 5.74) is 1.53. The topological polar surface area (TPSA) is 86.8 Å². The Kier molecular flexibility index (Phi) is 4.60. The minimum Gasteiger partial charge on any atom is -0.324 e. The second-order valence-electron chi connectivity index (χ2n) is 4.74. The third-order valence-corrected chi connectivity index (χ3v) is 4.06. The van der Waals surface area contributed by atoms with Gasteiger partial charge in [0.05, 0.1) is 0 Å². The maximum Gasteiger partial charge on any atom is 0.334 e. The first-order valence-electron chi connectivity index (χ1n) is 6.58. The number of anilines is 1. The Labute approximate surface area is 135 Å². The van der Waals surface area contributed by atoms with E-state index in [0.717, 1.165) is 14.9 Å². The number of carbonyl (C=O) groups is 4. The van der Waals surface area contributed by atoms with E-state index < -0.39 is 30.3 Å². The molecule has 0 aromatic heterocycles. The molecular formula is C14H14BrN3O4. The zero-order chi connectivity index (χ0) is 16.4. The summed E-state index contributed by atoms with van der Waals surface area (Å²) in [6.07, 6.45) is 0. The zero-order valence-electron chi connectivity index (χ0n) is 12.1. The Bertz CT molecular complexity index is 674. The van der Waals surface area contributed by atoms with Crippen LogP contribution in [0.15, 0.2) is 22.7 Å². The van der Waals surface area contributed by atoms with Crippen molar-refractivity contribution in [1.82, 2.24) is 9.80 Å². The lowest BCUT2D eigenvalue weighted by molar-refractivity contribution is -0.143. The van der Waals surface area contributed by atoms with E-state index in [2.05, 4.69) is 21.2 Å². The second-order valence-corrected chi connectivity index (χ2v) is 5.59. The van der Waals surface area contributed by atoms with Gasteiger partial charge in [0.15, 0.2) is 0 Å². The fraction of sp³-hybridized carbons (Fsp3) is 0.286. The SMILES string of the molecule is CCN1C(=O)C(=O)N(CC(=O)Nc2ccc(C)c(Br)c2)C1=O. The van der Waals surface area contributed by atoms with E-state index in [1.165, 1.54) is 0 Å². The number of likely N-dealkylation sites (N-methyl/N-ethyl adjacent to an activating group) is 1. The third kappa shape index (κ3) is 3.01. The first kappa shape index (κ1) is 16.2. The molecule has 0 unspecified atom stereocenters. The molecule has 1 aliphatic rings. The molecule has 1 aliphatic heterocycles. The van der Waals surface area contributed by atoms with Gasteiger partial charge in [0.2, 0.25) is 5.91 Å². The normalized spacial score (nSPS) is 14.8. The molecule has 0 radical (unpaired) electrons. The van der Waals surface area contributed by atoms with E-state index in [1.54, 1.807) is 19.1 Å². The number of halogens is 1. The number of hydrogen-bond acceptors (Lipinski definition) is 4. The molecule has 1 N–H and O–H groups in total. The minimum atomic E-state index is -0.980. The number of benzene rings is 1. The van der Waals surface area contributed by atoms with Crippen LogP contribution in [-0.2, 0) is 14.4 Å². The monoisotopic (exact) mass is 367 g/mol. The molecule has 0 spiro atoms. The van der Waals surface area contributed by atoms with Gasteiger partial charge in [-0.1, -0.05) is 22.0 Å². The zero-order valence-corrected chi connectivity index (χ0v) is 13.6. The summed E-state index contributed by atoms with van der Waals surface area (Å²) in [6, 6.07) is 4.46. The molecule has 0 saturated carbocycles. The predicted molar refractivity (Wildman–Crippen MR) is 82.0 cm³/mol. The maximum atomic E-state index is 12.0. The van der Waals surface area contributed by atoms with E-state index in [4.69, 9.17) is 0 Å². The molecule has 8 heteroatoms. The van der Waals surface area contributed by atoms with Crippen LogP contribution in [0.25, 0.3) is 0 Å². The number of aryl methyl sites for hydroxylation is 1. The van der Waals surface area contributed by atoms with Gasteiger partial charge < -0.3 is 5.32 Å². The van der Waals surface area contributed by atoms with Crippen molar-refractivity contribution >= 4 is 45.4 Å². The molecule has 0 atom stereocenters. The van der Waals surface area contributed by atoms with Crippen LogP contribution in [0, 0.1) is 6.92 Å². The Morgan fingerprint density at radius 2 is 1.82 bits per heavy atom. The van der Waals surface area contributed by atoms with Gasteiger partial charge in [-0.15, -0.1) is 0 Å². The van der Waals surface area contributed by atoms with Crippen molar-refractivity contribution < 1.29 is 19.2 Å². The van der Waals surface area contributed by atoms with Gasteiger partial charge in [-0.25, -0.2) is 9.69 Å². The van der Waals surface area contributed by atoms with Crippen LogP contribution in [0.2, 0.25) is 0 Å². The van der Waals surface area contributed by atoms with E-state index in [1.807, 2.05) is 13.0 Å². The molecule has 2 rings (SSSR count). The quantitative estimate of drug-likeness (QED) is 0.645. The Morgan fingerprint density at radius 1 is 1.18 bits per heavy atom. The molecule has 116 valence electrons.